The summed E-state index contributed by atoms with van der Waals surface area (Å²) in [6.45, 7) is 6.47. The number of hydrogen-bond donors (Lipinski definition) is 0. The molecule has 0 heterocycles. The van der Waals surface area contributed by atoms with E-state index in [-0.39, 0.29) is 31.1 Å². The quantitative estimate of drug-likeness (QED) is 0.0264. The lowest BCUT2D eigenvalue weighted by molar-refractivity contribution is -0.167. The van der Waals surface area contributed by atoms with Crippen molar-refractivity contribution in [2.45, 2.75) is 258 Å². The molecule has 0 bridgehead atoms. The lowest BCUT2D eigenvalue weighted by Crippen LogP contribution is -2.30. The predicted molar refractivity (Wildman–Crippen MR) is 242 cm³/mol. The average Bonchev–Trinajstić information content (AvgIpc) is 3.21. The fourth-order valence-electron chi connectivity index (χ4n) is 6.99. The first kappa shape index (κ1) is 54.6. The molecule has 0 aliphatic rings. The first-order valence-electron chi connectivity index (χ1n) is 24.5. The number of carbonyl (C=O) groups excluding carboxylic acids is 3. The van der Waals surface area contributed by atoms with E-state index in [1.165, 1.54) is 128 Å². The van der Waals surface area contributed by atoms with Gasteiger partial charge in [-0.15, -0.1) is 0 Å². The molecule has 332 valence electrons. The first-order chi connectivity index (χ1) is 28.0. The van der Waals surface area contributed by atoms with Crippen molar-refractivity contribution in [3.8, 4) is 0 Å². The molecule has 0 N–H and O–H groups in total. The second-order valence-corrected chi connectivity index (χ2v) is 16.4. The Morgan fingerprint density at radius 1 is 0.368 bits per heavy atom. The van der Waals surface area contributed by atoms with Gasteiger partial charge in [-0.25, -0.2) is 0 Å². The topological polar surface area (TPSA) is 78.9 Å². The summed E-state index contributed by atoms with van der Waals surface area (Å²) in [4.78, 5) is 37.7. The predicted octanol–water partition coefficient (Wildman–Crippen LogP) is 15.8. The van der Waals surface area contributed by atoms with Gasteiger partial charge in [0.25, 0.3) is 0 Å². The van der Waals surface area contributed by atoms with Crippen molar-refractivity contribution in [2.24, 2.45) is 0 Å². The van der Waals surface area contributed by atoms with Crippen LogP contribution in [0.25, 0.3) is 0 Å². The van der Waals surface area contributed by atoms with E-state index in [0.29, 0.717) is 19.3 Å². The van der Waals surface area contributed by atoms with Gasteiger partial charge in [0.05, 0.1) is 0 Å². The molecule has 6 heteroatoms. The number of hydrogen-bond acceptors (Lipinski definition) is 6. The molecule has 6 nitrogen and oxygen atoms in total. The molecule has 0 amide bonds. The zero-order chi connectivity index (χ0) is 41.5. The SMILES string of the molecule is CC/C=C\C/C=C\C/C=C\CCCCCC(=O)OC(COC(=O)CCCCCCCCC)COC(=O)CCCCCCCCCCCCCCCCCCCCC. The van der Waals surface area contributed by atoms with Gasteiger partial charge in [0.1, 0.15) is 13.2 Å². The highest BCUT2D eigenvalue weighted by atomic mass is 16.6. The first-order valence-corrected chi connectivity index (χ1v) is 24.5. The highest BCUT2D eigenvalue weighted by molar-refractivity contribution is 5.71. The summed E-state index contributed by atoms with van der Waals surface area (Å²) in [7, 11) is 0. The van der Waals surface area contributed by atoms with E-state index >= 15 is 0 Å². The third kappa shape index (κ3) is 44.6. The van der Waals surface area contributed by atoms with Gasteiger partial charge < -0.3 is 14.2 Å². The fourth-order valence-corrected chi connectivity index (χ4v) is 6.99. The standard InChI is InChI=1S/C51H92O6/c1-4-7-10-13-16-18-20-22-23-24-25-26-27-29-30-32-35-38-41-44-50(53)56-47-48(46-55-49(52)43-40-37-34-15-12-9-6-3)57-51(54)45-42-39-36-33-31-28-21-19-17-14-11-8-5-2/h8,11,17,19,28,31,48H,4-7,9-10,12-16,18,20-27,29-30,32-47H2,1-3H3/b11-8-,19-17-,31-28-. The molecule has 1 atom stereocenters. The van der Waals surface area contributed by atoms with Gasteiger partial charge in [-0.1, -0.05) is 218 Å². The summed E-state index contributed by atoms with van der Waals surface area (Å²) in [5.41, 5.74) is 0. The molecule has 0 aromatic rings. The molecule has 1 unspecified atom stereocenters. The molecule has 0 radical (unpaired) electrons. The van der Waals surface area contributed by atoms with E-state index in [1.54, 1.807) is 0 Å². The summed E-state index contributed by atoms with van der Waals surface area (Å²) >= 11 is 0. The van der Waals surface area contributed by atoms with Crippen LogP contribution in [0.3, 0.4) is 0 Å². The van der Waals surface area contributed by atoms with E-state index in [2.05, 4.69) is 57.2 Å². The molecule has 0 spiro atoms. The van der Waals surface area contributed by atoms with E-state index < -0.39 is 6.10 Å². The number of rotatable bonds is 44. The van der Waals surface area contributed by atoms with E-state index in [9.17, 15) is 14.4 Å². The molecule has 0 fully saturated rings. The average molecular weight is 801 g/mol. The van der Waals surface area contributed by atoms with Crippen LogP contribution >= 0.6 is 0 Å². The normalized spacial score (nSPS) is 12.3. The van der Waals surface area contributed by atoms with Gasteiger partial charge in [-0.2, -0.15) is 0 Å². The number of allylic oxidation sites excluding steroid dienone is 6. The van der Waals surface area contributed by atoms with Crippen LogP contribution in [0.2, 0.25) is 0 Å². The molecule has 0 rings (SSSR count). The van der Waals surface area contributed by atoms with Crippen LogP contribution in [0.5, 0.6) is 0 Å². The molecule has 0 saturated heterocycles. The summed E-state index contributed by atoms with van der Waals surface area (Å²) in [6, 6.07) is 0. The Balaban J connectivity index is 4.23. The second-order valence-electron chi connectivity index (χ2n) is 16.4. The number of esters is 3. The molecular formula is C51H92O6. The number of carbonyl (C=O) groups is 3. The van der Waals surface area contributed by atoms with Gasteiger partial charge in [0, 0.05) is 19.3 Å². The smallest absolute Gasteiger partial charge is 0.306 e. The summed E-state index contributed by atoms with van der Waals surface area (Å²) in [5.74, 6) is -0.910. The maximum atomic E-state index is 12.7. The highest BCUT2D eigenvalue weighted by Gasteiger charge is 2.19. The van der Waals surface area contributed by atoms with Crippen LogP contribution in [-0.4, -0.2) is 37.2 Å². The van der Waals surface area contributed by atoms with Crippen molar-refractivity contribution in [1.82, 2.24) is 0 Å². The van der Waals surface area contributed by atoms with Crippen molar-refractivity contribution < 1.29 is 28.6 Å². The van der Waals surface area contributed by atoms with Crippen LogP contribution in [-0.2, 0) is 28.6 Å². The molecule has 0 aromatic carbocycles. The summed E-state index contributed by atoms with van der Waals surface area (Å²) in [6.07, 6.45) is 52.9. The second kappa shape index (κ2) is 46.3. The van der Waals surface area contributed by atoms with E-state index in [4.69, 9.17) is 14.2 Å². The molecular weight excluding hydrogens is 709 g/mol. The van der Waals surface area contributed by atoms with Crippen molar-refractivity contribution in [3.05, 3.63) is 36.5 Å². The van der Waals surface area contributed by atoms with Crippen LogP contribution in [0.1, 0.15) is 252 Å². The van der Waals surface area contributed by atoms with Gasteiger partial charge >= 0.3 is 17.9 Å². The Hall–Kier alpha value is -2.37. The minimum absolute atomic E-state index is 0.0808. The molecule has 57 heavy (non-hydrogen) atoms. The zero-order valence-electron chi connectivity index (χ0n) is 37.9. The largest absolute Gasteiger partial charge is 0.462 e. The minimum atomic E-state index is -0.780. The van der Waals surface area contributed by atoms with Crippen LogP contribution < -0.4 is 0 Å². The van der Waals surface area contributed by atoms with Crippen LogP contribution in [0.4, 0.5) is 0 Å². The van der Waals surface area contributed by atoms with Crippen molar-refractivity contribution in [3.63, 3.8) is 0 Å². The Bertz CT molecular complexity index is 969. The molecule has 0 aliphatic carbocycles. The third-order valence-corrected chi connectivity index (χ3v) is 10.7. The van der Waals surface area contributed by atoms with E-state index in [1.807, 2.05) is 0 Å². The van der Waals surface area contributed by atoms with Crippen LogP contribution in [0, 0.1) is 0 Å². The number of unbranched alkanes of at least 4 members (excludes halogenated alkanes) is 27. The van der Waals surface area contributed by atoms with Crippen molar-refractivity contribution in [2.75, 3.05) is 13.2 Å². The Labute approximate surface area is 353 Å². The molecule has 0 aliphatic heterocycles. The summed E-state index contributed by atoms with van der Waals surface area (Å²) < 4.78 is 16.7. The minimum Gasteiger partial charge on any atom is -0.462 e. The van der Waals surface area contributed by atoms with Gasteiger partial charge in [-0.3, -0.25) is 14.4 Å². The van der Waals surface area contributed by atoms with Gasteiger partial charge in [-0.05, 0) is 51.4 Å². The van der Waals surface area contributed by atoms with Crippen molar-refractivity contribution in [1.29, 1.82) is 0 Å². The van der Waals surface area contributed by atoms with Gasteiger partial charge in [0.15, 0.2) is 6.10 Å². The lowest BCUT2D eigenvalue weighted by atomic mass is 10.0. The third-order valence-electron chi connectivity index (χ3n) is 10.7. The summed E-state index contributed by atoms with van der Waals surface area (Å²) in [5, 5.41) is 0. The molecule has 0 saturated carbocycles. The lowest BCUT2D eigenvalue weighted by Gasteiger charge is -2.18. The Morgan fingerprint density at radius 2 is 0.684 bits per heavy atom. The Kier molecular flexibility index (Phi) is 44.4. The maximum Gasteiger partial charge on any atom is 0.306 e. The van der Waals surface area contributed by atoms with Crippen molar-refractivity contribution >= 4 is 17.9 Å². The number of ether oxygens (including phenoxy) is 3. The molecule has 0 aromatic heterocycles. The Morgan fingerprint density at radius 3 is 1.07 bits per heavy atom. The highest BCUT2D eigenvalue weighted by Crippen LogP contribution is 2.16. The van der Waals surface area contributed by atoms with Crippen LogP contribution in [0.15, 0.2) is 36.5 Å². The monoisotopic (exact) mass is 801 g/mol. The van der Waals surface area contributed by atoms with E-state index in [0.717, 1.165) is 83.5 Å². The fraction of sp³-hybridized carbons (Fsp3) is 0.824. The zero-order valence-corrected chi connectivity index (χ0v) is 37.9. The van der Waals surface area contributed by atoms with Gasteiger partial charge in [0.2, 0.25) is 0 Å². The maximum absolute atomic E-state index is 12.7.